The maximum absolute atomic E-state index is 12.6. The summed E-state index contributed by atoms with van der Waals surface area (Å²) in [6.45, 7) is 0.134. The summed E-state index contributed by atoms with van der Waals surface area (Å²) in [5.41, 5.74) is 2.83. The van der Waals surface area contributed by atoms with Crippen LogP contribution >= 0.6 is 11.8 Å². The summed E-state index contributed by atoms with van der Waals surface area (Å²) in [5, 5.41) is 3.20. The molecule has 0 radical (unpaired) electrons. The topological polar surface area (TPSA) is 93.3 Å². The third-order valence-electron chi connectivity index (χ3n) is 5.83. The van der Waals surface area contributed by atoms with Gasteiger partial charge in [0.2, 0.25) is 5.91 Å². The molecule has 4 aromatic carbocycles. The molecule has 0 unspecified atom stereocenters. The van der Waals surface area contributed by atoms with E-state index < -0.39 is 0 Å². The van der Waals surface area contributed by atoms with Crippen molar-refractivity contribution in [3.05, 3.63) is 149 Å². The Hall–Kier alpha value is -4.66. The molecule has 0 bridgehead atoms. The summed E-state index contributed by atoms with van der Waals surface area (Å²) in [7, 11) is 0. The molecule has 5 rings (SSSR count). The Balaban J connectivity index is 1.17. The van der Waals surface area contributed by atoms with Crippen molar-refractivity contribution in [1.29, 1.82) is 0 Å². The van der Waals surface area contributed by atoms with Gasteiger partial charge in [-0.15, -0.1) is 0 Å². The zero-order valence-electron chi connectivity index (χ0n) is 21.5. The molecule has 7 nitrogen and oxygen atoms in total. The molecule has 1 amide bonds. The number of hydrogen-bond donors (Lipinski definition) is 2. The fourth-order valence-corrected chi connectivity index (χ4v) is 4.69. The second-order valence-electron chi connectivity index (χ2n) is 8.83. The highest BCUT2D eigenvalue weighted by Crippen LogP contribution is 2.27. The number of aromatic amines is 1. The molecule has 0 spiro atoms. The molecule has 0 saturated carbocycles. The highest BCUT2D eigenvalue weighted by molar-refractivity contribution is 7.99. The van der Waals surface area contributed by atoms with Crippen LogP contribution in [0.15, 0.2) is 131 Å². The molecule has 0 aliphatic carbocycles. The van der Waals surface area contributed by atoms with Gasteiger partial charge in [-0.1, -0.05) is 90.6 Å². The lowest BCUT2D eigenvalue weighted by Crippen LogP contribution is -2.16. The van der Waals surface area contributed by atoms with E-state index >= 15 is 0 Å². The standard InChI is InChI=1S/C32H27N3O4S/c36-29-20-26(21-38-31(23-10-4-1-5-11-23)24-12-6-2-7-13-24)34-32(35-29)40-22-30(37)33-25-16-18-28(19-17-25)39-27-14-8-3-9-15-27/h1-20,31H,21-22H2,(H,33,37)(H,34,35,36). The Morgan fingerprint density at radius 2 is 1.38 bits per heavy atom. The van der Waals surface area contributed by atoms with Crippen LogP contribution in [-0.2, 0) is 16.1 Å². The molecular formula is C32H27N3O4S. The van der Waals surface area contributed by atoms with Gasteiger partial charge in [0.15, 0.2) is 5.16 Å². The third-order valence-corrected chi connectivity index (χ3v) is 6.71. The van der Waals surface area contributed by atoms with Crippen molar-refractivity contribution in [3.8, 4) is 11.5 Å². The number of amides is 1. The second kappa shape index (κ2) is 13.4. The Morgan fingerprint density at radius 3 is 2.00 bits per heavy atom. The van der Waals surface area contributed by atoms with Gasteiger partial charge in [0.05, 0.1) is 18.1 Å². The van der Waals surface area contributed by atoms with Gasteiger partial charge in [0.1, 0.15) is 17.6 Å². The van der Waals surface area contributed by atoms with Gasteiger partial charge in [-0.3, -0.25) is 9.59 Å². The average Bonchev–Trinajstić information content (AvgIpc) is 2.99. The molecule has 0 atom stereocenters. The lowest BCUT2D eigenvalue weighted by atomic mass is 10.0. The first-order valence-corrected chi connectivity index (χ1v) is 13.7. The molecule has 5 aromatic rings. The first-order chi connectivity index (χ1) is 19.6. The van der Waals surface area contributed by atoms with Crippen LogP contribution in [0.5, 0.6) is 11.5 Å². The van der Waals surface area contributed by atoms with E-state index in [1.807, 2.05) is 91.0 Å². The number of nitrogens with one attached hydrogen (secondary N) is 2. The van der Waals surface area contributed by atoms with Crippen molar-refractivity contribution < 1.29 is 14.3 Å². The number of aromatic nitrogens is 2. The number of benzene rings is 4. The number of thioether (sulfide) groups is 1. The highest BCUT2D eigenvalue weighted by atomic mass is 32.2. The normalized spacial score (nSPS) is 10.8. The summed E-state index contributed by atoms with van der Waals surface area (Å²) in [4.78, 5) is 32.1. The van der Waals surface area contributed by atoms with E-state index in [0.29, 0.717) is 22.3 Å². The van der Waals surface area contributed by atoms with Crippen LogP contribution in [0.4, 0.5) is 5.69 Å². The van der Waals surface area contributed by atoms with Gasteiger partial charge in [-0.2, -0.15) is 0 Å². The van der Waals surface area contributed by atoms with Crippen LogP contribution in [0, 0.1) is 0 Å². The zero-order chi connectivity index (χ0) is 27.6. The molecule has 200 valence electrons. The molecule has 1 aromatic heterocycles. The van der Waals surface area contributed by atoms with Crippen molar-refractivity contribution in [2.75, 3.05) is 11.1 Å². The molecule has 0 fully saturated rings. The van der Waals surface area contributed by atoms with Crippen LogP contribution < -0.4 is 15.6 Å². The van der Waals surface area contributed by atoms with E-state index in [1.54, 1.807) is 24.3 Å². The first-order valence-electron chi connectivity index (χ1n) is 12.7. The molecule has 8 heteroatoms. The monoisotopic (exact) mass is 549 g/mol. The Morgan fingerprint density at radius 1 is 0.800 bits per heavy atom. The van der Waals surface area contributed by atoms with E-state index in [9.17, 15) is 9.59 Å². The highest BCUT2D eigenvalue weighted by Gasteiger charge is 2.16. The molecule has 0 aliphatic heterocycles. The van der Waals surface area contributed by atoms with Crippen LogP contribution in [0.1, 0.15) is 22.9 Å². The first kappa shape index (κ1) is 26.9. The summed E-state index contributed by atoms with van der Waals surface area (Å²) in [6.07, 6.45) is -0.310. The smallest absolute Gasteiger partial charge is 0.251 e. The van der Waals surface area contributed by atoms with Gasteiger partial charge < -0.3 is 19.8 Å². The van der Waals surface area contributed by atoms with Crippen molar-refractivity contribution in [1.82, 2.24) is 9.97 Å². The quantitative estimate of drug-likeness (QED) is 0.142. The van der Waals surface area contributed by atoms with Gasteiger partial charge >= 0.3 is 0 Å². The predicted octanol–water partition coefficient (Wildman–Crippen LogP) is 6.60. The Bertz CT molecular complexity index is 1540. The minimum absolute atomic E-state index is 0.0756. The number of nitrogens with zero attached hydrogens (tertiary/aromatic N) is 1. The second-order valence-corrected chi connectivity index (χ2v) is 9.79. The Kier molecular flexibility index (Phi) is 9.03. The molecular weight excluding hydrogens is 522 g/mol. The summed E-state index contributed by atoms with van der Waals surface area (Å²) < 4.78 is 12.0. The van der Waals surface area contributed by atoms with Crippen LogP contribution in [0.3, 0.4) is 0 Å². The van der Waals surface area contributed by atoms with E-state index in [2.05, 4.69) is 15.3 Å². The zero-order valence-corrected chi connectivity index (χ0v) is 22.3. The third kappa shape index (κ3) is 7.69. The van der Waals surface area contributed by atoms with E-state index in [0.717, 1.165) is 28.6 Å². The number of H-pyrrole nitrogens is 1. The van der Waals surface area contributed by atoms with E-state index in [1.165, 1.54) is 6.07 Å². The van der Waals surface area contributed by atoms with Crippen LogP contribution in [0.25, 0.3) is 0 Å². The van der Waals surface area contributed by atoms with E-state index in [-0.39, 0.29) is 29.9 Å². The molecule has 40 heavy (non-hydrogen) atoms. The lowest BCUT2D eigenvalue weighted by molar-refractivity contribution is -0.113. The van der Waals surface area contributed by atoms with Crippen LogP contribution in [0.2, 0.25) is 0 Å². The number of ether oxygens (including phenoxy) is 2. The summed E-state index contributed by atoms with van der Waals surface area (Å²) in [5.74, 6) is 1.26. The van der Waals surface area contributed by atoms with Crippen molar-refractivity contribution in [2.45, 2.75) is 17.9 Å². The number of carbonyl (C=O) groups is 1. The molecule has 1 heterocycles. The maximum atomic E-state index is 12.6. The van der Waals surface area contributed by atoms with Crippen molar-refractivity contribution in [3.63, 3.8) is 0 Å². The average molecular weight is 550 g/mol. The lowest BCUT2D eigenvalue weighted by Gasteiger charge is -2.19. The molecule has 0 saturated heterocycles. The van der Waals surface area contributed by atoms with Crippen LogP contribution in [-0.4, -0.2) is 21.6 Å². The summed E-state index contributed by atoms with van der Waals surface area (Å²) >= 11 is 1.15. The predicted molar refractivity (Wildman–Crippen MR) is 157 cm³/mol. The van der Waals surface area contributed by atoms with Gasteiger partial charge in [0, 0.05) is 11.8 Å². The fourth-order valence-electron chi connectivity index (χ4n) is 4.00. The Labute approximate surface area is 236 Å². The van der Waals surface area contributed by atoms with E-state index in [4.69, 9.17) is 9.47 Å². The number of rotatable bonds is 11. The molecule has 2 N–H and O–H groups in total. The van der Waals surface area contributed by atoms with Gasteiger partial charge in [-0.25, -0.2) is 4.98 Å². The SMILES string of the molecule is O=C(CSc1nc(COC(c2ccccc2)c2ccccc2)cc(=O)[nH]1)Nc1ccc(Oc2ccccc2)cc1. The van der Waals surface area contributed by atoms with Crippen molar-refractivity contribution in [2.24, 2.45) is 0 Å². The number of carbonyl (C=O) groups excluding carboxylic acids is 1. The number of para-hydroxylation sites is 1. The van der Waals surface area contributed by atoms with Gasteiger partial charge in [0.25, 0.3) is 5.56 Å². The largest absolute Gasteiger partial charge is 0.457 e. The minimum atomic E-state index is -0.310. The fraction of sp³-hybridized carbons (Fsp3) is 0.0938. The van der Waals surface area contributed by atoms with Gasteiger partial charge in [-0.05, 0) is 47.5 Å². The minimum Gasteiger partial charge on any atom is -0.457 e. The van der Waals surface area contributed by atoms with Crippen molar-refractivity contribution >= 4 is 23.4 Å². The summed E-state index contributed by atoms with van der Waals surface area (Å²) in [6, 6.07) is 37.8. The molecule has 0 aliphatic rings. The maximum Gasteiger partial charge on any atom is 0.251 e. The number of hydrogen-bond acceptors (Lipinski definition) is 6. The number of anilines is 1.